The molecule has 0 aliphatic carbocycles. The van der Waals surface area contributed by atoms with Crippen molar-refractivity contribution in [2.24, 2.45) is 0 Å². The summed E-state index contributed by atoms with van der Waals surface area (Å²) in [7, 11) is 2.88. The van der Waals surface area contributed by atoms with Crippen molar-refractivity contribution >= 4 is 21.9 Å². The molecule has 0 unspecified atom stereocenters. The maximum absolute atomic E-state index is 11.4. The Balaban J connectivity index is 2.35. The predicted molar refractivity (Wildman–Crippen MR) is 88.9 cm³/mol. The van der Waals surface area contributed by atoms with E-state index in [1.165, 1.54) is 14.2 Å². The molecule has 0 fully saturated rings. The lowest BCUT2D eigenvalue weighted by atomic mass is 10.1. The van der Waals surface area contributed by atoms with Crippen LogP contribution in [0.1, 0.15) is 11.1 Å². The quantitative estimate of drug-likeness (QED) is 0.777. The number of hydrogen-bond donors (Lipinski definition) is 1. The van der Waals surface area contributed by atoms with Crippen LogP contribution >= 0.6 is 15.9 Å². The molecule has 23 heavy (non-hydrogen) atoms. The van der Waals surface area contributed by atoms with Gasteiger partial charge in [0.15, 0.2) is 11.5 Å². The number of esters is 1. The molecule has 0 bridgehead atoms. The number of halogens is 1. The molecule has 2 aromatic carbocycles. The first-order valence-corrected chi connectivity index (χ1v) is 7.67. The smallest absolute Gasteiger partial charge is 0.309 e. The molecule has 0 amide bonds. The van der Waals surface area contributed by atoms with Crippen molar-refractivity contribution in [3.63, 3.8) is 0 Å². The summed E-state index contributed by atoms with van der Waals surface area (Å²) in [6.07, 6.45) is 0.141. The Labute approximate surface area is 142 Å². The lowest BCUT2D eigenvalue weighted by Crippen LogP contribution is -2.04. The highest BCUT2D eigenvalue weighted by atomic mass is 79.9. The number of aliphatic hydroxyl groups excluding tert-OH is 1. The van der Waals surface area contributed by atoms with Crippen LogP contribution in [-0.4, -0.2) is 25.3 Å². The van der Waals surface area contributed by atoms with E-state index >= 15 is 0 Å². The second-order valence-electron chi connectivity index (χ2n) is 4.75. The van der Waals surface area contributed by atoms with Gasteiger partial charge in [0.05, 0.1) is 27.2 Å². The van der Waals surface area contributed by atoms with Crippen LogP contribution in [-0.2, 0) is 22.6 Å². The molecule has 0 saturated carbocycles. The molecule has 2 aromatic rings. The van der Waals surface area contributed by atoms with Crippen molar-refractivity contribution in [1.82, 2.24) is 0 Å². The molecule has 0 aliphatic heterocycles. The van der Waals surface area contributed by atoms with E-state index in [2.05, 4.69) is 20.7 Å². The predicted octanol–water partition coefficient (Wildman–Crippen LogP) is 3.46. The molecule has 0 saturated heterocycles. The van der Waals surface area contributed by atoms with Gasteiger partial charge in [0.2, 0.25) is 0 Å². The number of benzene rings is 2. The zero-order valence-electron chi connectivity index (χ0n) is 12.8. The number of methoxy groups -OCH3 is 2. The second kappa shape index (κ2) is 7.99. The van der Waals surface area contributed by atoms with Gasteiger partial charge in [-0.05, 0) is 29.8 Å². The summed E-state index contributed by atoms with van der Waals surface area (Å²) in [6, 6.07) is 10.6. The zero-order valence-corrected chi connectivity index (χ0v) is 14.4. The molecule has 0 spiro atoms. The molecule has 0 atom stereocenters. The molecule has 0 radical (unpaired) electrons. The van der Waals surface area contributed by atoms with Gasteiger partial charge in [-0.3, -0.25) is 4.79 Å². The summed E-state index contributed by atoms with van der Waals surface area (Å²) in [5.41, 5.74) is 1.39. The van der Waals surface area contributed by atoms with Crippen molar-refractivity contribution in [1.29, 1.82) is 0 Å². The summed E-state index contributed by atoms with van der Waals surface area (Å²) in [5, 5.41) is 9.43. The molecule has 6 heteroatoms. The monoisotopic (exact) mass is 380 g/mol. The van der Waals surface area contributed by atoms with Crippen LogP contribution in [0.4, 0.5) is 0 Å². The van der Waals surface area contributed by atoms with Gasteiger partial charge in [0, 0.05) is 10.0 Å². The van der Waals surface area contributed by atoms with Gasteiger partial charge in [-0.2, -0.15) is 0 Å². The Kier molecular flexibility index (Phi) is 6.01. The van der Waals surface area contributed by atoms with Crippen molar-refractivity contribution in [3.05, 3.63) is 52.0 Å². The molecule has 5 nitrogen and oxygen atoms in total. The van der Waals surface area contributed by atoms with E-state index in [1.807, 2.05) is 6.07 Å². The first-order valence-electron chi connectivity index (χ1n) is 6.88. The Morgan fingerprint density at radius 3 is 2.52 bits per heavy atom. The molecule has 122 valence electrons. The zero-order chi connectivity index (χ0) is 16.8. The van der Waals surface area contributed by atoms with Crippen LogP contribution in [0, 0.1) is 0 Å². The van der Waals surface area contributed by atoms with E-state index in [9.17, 15) is 9.90 Å². The molecule has 0 aromatic heterocycles. The lowest BCUT2D eigenvalue weighted by Gasteiger charge is -2.14. The molecule has 1 N–H and O–H groups in total. The molecule has 0 heterocycles. The minimum Gasteiger partial charge on any atom is -0.493 e. The number of carbonyl (C=O) groups is 1. The molecular weight excluding hydrogens is 364 g/mol. The van der Waals surface area contributed by atoms with Crippen molar-refractivity contribution < 1.29 is 24.1 Å². The van der Waals surface area contributed by atoms with Crippen molar-refractivity contribution in [3.8, 4) is 17.2 Å². The Bertz CT molecular complexity index is 699. The first-order chi connectivity index (χ1) is 11.1. The Morgan fingerprint density at radius 1 is 1.09 bits per heavy atom. The fourth-order valence-electron chi connectivity index (χ4n) is 2.02. The largest absolute Gasteiger partial charge is 0.493 e. The van der Waals surface area contributed by atoms with Gasteiger partial charge < -0.3 is 19.3 Å². The highest BCUT2D eigenvalue weighted by Gasteiger charge is 2.12. The Morgan fingerprint density at radius 2 is 1.87 bits per heavy atom. The molecule has 2 rings (SSSR count). The number of rotatable bonds is 6. The average molecular weight is 381 g/mol. The van der Waals surface area contributed by atoms with Crippen LogP contribution in [0.2, 0.25) is 0 Å². The second-order valence-corrected chi connectivity index (χ2v) is 5.67. The van der Waals surface area contributed by atoms with Crippen molar-refractivity contribution in [2.75, 3.05) is 14.2 Å². The van der Waals surface area contributed by atoms with Crippen LogP contribution in [0.3, 0.4) is 0 Å². The maximum atomic E-state index is 11.4. The van der Waals surface area contributed by atoms with Crippen LogP contribution < -0.4 is 9.47 Å². The van der Waals surface area contributed by atoms with Crippen LogP contribution in [0.25, 0.3) is 0 Å². The molecular formula is C17H17BrO5. The number of ether oxygens (including phenoxy) is 3. The number of aliphatic hydroxyl groups is 1. The summed E-state index contributed by atoms with van der Waals surface area (Å²) in [4.78, 5) is 11.4. The highest BCUT2D eigenvalue weighted by Crippen LogP contribution is 2.35. The van der Waals surface area contributed by atoms with Gasteiger partial charge >= 0.3 is 5.97 Å². The van der Waals surface area contributed by atoms with Gasteiger partial charge in [0.1, 0.15) is 5.75 Å². The van der Waals surface area contributed by atoms with Gasteiger partial charge in [-0.15, -0.1) is 0 Å². The average Bonchev–Trinajstić information content (AvgIpc) is 2.55. The van der Waals surface area contributed by atoms with Crippen LogP contribution in [0.5, 0.6) is 17.2 Å². The highest BCUT2D eigenvalue weighted by molar-refractivity contribution is 9.10. The maximum Gasteiger partial charge on any atom is 0.309 e. The normalized spacial score (nSPS) is 10.3. The van der Waals surface area contributed by atoms with E-state index in [0.29, 0.717) is 22.8 Å². The summed E-state index contributed by atoms with van der Waals surface area (Å²) in [5.74, 6) is 1.17. The van der Waals surface area contributed by atoms with E-state index in [1.54, 1.807) is 30.3 Å². The fourth-order valence-corrected chi connectivity index (χ4v) is 2.36. The Hall–Kier alpha value is -2.05. The first kappa shape index (κ1) is 17.3. The van der Waals surface area contributed by atoms with E-state index in [0.717, 1.165) is 10.0 Å². The van der Waals surface area contributed by atoms with Crippen LogP contribution in [0.15, 0.2) is 40.9 Å². The number of carbonyl (C=O) groups excluding carboxylic acids is 1. The van der Waals surface area contributed by atoms with Gasteiger partial charge in [-0.1, -0.05) is 28.1 Å². The standard InChI is InChI=1S/C17H17BrO5/c1-21-14-6-3-11(8-17(20)22-2)7-16(14)23-15-9-13(18)5-4-12(15)10-19/h3-7,9,19H,8,10H2,1-2H3. The molecule has 0 aliphatic rings. The van der Waals surface area contributed by atoms with Gasteiger partial charge in [0.25, 0.3) is 0 Å². The third-order valence-corrected chi connectivity index (χ3v) is 3.72. The minimum atomic E-state index is -0.334. The van der Waals surface area contributed by atoms with E-state index in [4.69, 9.17) is 9.47 Å². The lowest BCUT2D eigenvalue weighted by molar-refractivity contribution is -0.139. The summed E-state index contributed by atoms with van der Waals surface area (Å²) < 4.78 is 16.7. The minimum absolute atomic E-state index is 0.141. The fraction of sp³-hybridized carbons (Fsp3) is 0.235. The topological polar surface area (TPSA) is 65.0 Å². The van der Waals surface area contributed by atoms with E-state index < -0.39 is 0 Å². The van der Waals surface area contributed by atoms with Gasteiger partial charge in [-0.25, -0.2) is 0 Å². The summed E-state index contributed by atoms with van der Waals surface area (Å²) >= 11 is 3.38. The van der Waals surface area contributed by atoms with E-state index in [-0.39, 0.29) is 19.0 Å². The summed E-state index contributed by atoms with van der Waals surface area (Å²) in [6.45, 7) is -0.146. The SMILES string of the molecule is COC(=O)Cc1ccc(OC)c(Oc2cc(Br)ccc2CO)c1. The number of hydrogen-bond acceptors (Lipinski definition) is 5. The van der Waals surface area contributed by atoms with Crippen molar-refractivity contribution in [2.45, 2.75) is 13.0 Å². The third-order valence-electron chi connectivity index (χ3n) is 3.22. The third kappa shape index (κ3) is 4.46.